The lowest BCUT2D eigenvalue weighted by Gasteiger charge is -2.07. The minimum Gasteiger partial charge on any atom is -0.383 e. The Morgan fingerprint density at radius 3 is 2.80 bits per heavy atom. The van der Waals surface area contributed by atoms with Crippen molar-refractivity contribution in [2.75, 3.05) is 20.3 Å². The molecule has 0 radical (unpaired) electrons. The normalized spacial score (nSPS) is 9.72. The summed E-state index contributed by atoms with van der Waals surface area (Å²) >= 11 is 5.07. The molecule has 0 saturated heterocycles. The first-order chi connectivity index (χ1) is 11.9. The first kappa shape index (κ1) is 20.5. The number of nitrogens with two attached hydrogens (primary N) is 1. The molecular formula is C15H20FN5O3S. The van der Waals surface area contributed by atoms with Gasteiger partial charge >= 0.3 is 0 Å². The van der Waals surface area contributed by atoms with Crippen LogP contribution in [0.2, 0.25) is 0 Å². The smallest absolute Gasteiger partial charge is 0.246 e. The number of thiocarbonyl (C=S) groups is 1. The van der Waals surface area contributed by atoms with Gasteiger partial charge in [0, 0.05) is 26.1 Å². The highest BCUT2D eigenvalue weighted by molar-refractivity contribution is 7.80. The Bertz CT molecular complexity index is 691. The number of hydrogen-bond acceptors (Lipinski definition) is 6. The summed E-state index contributed by atoms with van der Waals surface area (Å²) < 4.78 is 23.1. The lowest BCUT2D eigenvalue weighted by molar-refractivity contribution is -0.115. The van der Waals surface area contributed by atoms with Crippen LogP contribution in [0, 0.1) is 5.82 Å². The molecule has 0 bridgehead atoms. The van der Waals surface area contributed by atoms with Gasteiger partial charge in [0.1, 0.15) is 5.82 Å². The van der Waals surface area contributed by atoms with Crippen LogP contribution < -0.4 is 16.4 Å². The van der Waals surface area contributed by atoms with Gasteiger partial charge in [0.05, 0.1) is 13.2 Å². The summed E-state index contributed by atoms with van der Waals surface area (Å²) in [7, 11) is 1.62. The number of benzene rings is 1. The number of halogens is 1. The first-order valence-electron chi connectivity index (χ1n) is 7.27. The summed E-state index contributed by atoms with van der Waals surface area (Å²) in [4.78, 5) is 13.4. The number of aromatic nitrogens is 2. The zero-order valence-corrected chi connectivity index (χ0v) is 14.7. The highest BCUT2D eigenvalue weighted by Crippen LogP contribution is 2.16. The van der Waals surface area contributed by atoms with E-state index in [4.69, 9.17) is 21.5 Å². The fourth-order valence-electron chi connectivity index (χ4n) is 1.56. The summed E-state index contributed by atoms with van der Waals surface area (Å²) in [5, 5.41) is 10.2. The number of amides is 1. The van der Waals surface area contributed by atoms with Crippen LogP contribution in [-0.2, 0) is 16.1 Å². The number of carbonyl (C=O) groups is 1. The van der Waals surface area contributed by atoms with Gasteiger partial charge in [-0.25, -0.2) is 4.39 Å². The monoisotopic (exact) mass is 369 g/mol. The van der Waals surface area contributed by atoms with Crippen molar-refractivity contribution in [2.24, 2.45) is 5.73 Å². The average Bonchev–Trinajstić information content (AvgIpc) is 3.02. The van der Waals surface area contributed by atoms with Crippen molar-refractivity contribution in [3.63, 3.8) is 0 Å². The number of ether oxygens (including phenoxy) is 1. The van der Waals surface area contributed by atoms with Crippen LogP contribution in [0.1, 0.15) is 12.8 Å². The van der Waals surface area contributed by atoms with Crippen molar-refractivity contribution in [2.45, 2.75) is 13.5 Å². The van der Waals surface area contributed by atoms with E-state index in [9.17, 15) is 9.18 Å². The Kier molecular flexibility index (Phi) is 9.04. The second-order valence-electron chi connectivity index (χ2n) is 4.73. The maximum atomic E-state index is 13.1. The number of methoxy groups -OCH3 is 1. The third-order valence-corrected chi connectivity index (χ3v) is 2.83. The molecule has 0 aliphatic rings. The van der Waals surface area contributed by atoms with Crippen LogP contribution in [0.15, 0.2) is 28.8 Å². The molecule has 1 heterocycles. The largest absolute Gasteiger partial charge is 0.383 e. The second-order valence-corrected chi connectivity index (χ2v) is 5.14. The minimum atomic E-state index is -0.347. The van der Waals surface area contributed by atoms with E-state index in [0.717, 1.165) is 0 Å². The topological polar surface area (TPSA) is 115 Å². The van der Waals surface area contributed by atoms with E-state index in [1.165, 1.54) is 19.1 Å². The van der Waals surface area contributed by atoms with Crippen LogP contribution in [0.5, 0.6) is 0 Å². The van der Waals surface area contributed by atoms with Gasteiger partial charge in [-0.3, -0.25) is 4.79 Å². The van der Waals surface area contributed by atoms with Crippen LogP contribution >= 0.6 is 12.2 Å². The van der Waals surface area contributed by atoms with Gasteiger partial charge < -0.3 is 25.6 Å². The number of hydrogen-bond donors (Lipinski definition) is 3. The number of rotatable bonds is 6. The first-order valence-corrected chi connectivity index (χ1v) is 7.68. The van der Waals surface area contributed by atoms with Crippen molar-refractivity contribution < 1.29 is 18.4 Å². The Morgan fingerprint density at radius 2 is 2.16 bits per heavy atom. The molecule has 0 unspecified atom stereocenters. The molecule has 1 aromatic carbocycles. The van der Waals surface area contributed by atoms with Crippen molar-refractivity contribution in [1.29, 1.82) is 0 Å². The third kappa shape index (κ3) is 8.72. The van der Waals surface area contributed by atoms with Gasteiger partial charge in [-0.05, 0) is 24.4 Å². The Labute approximate surface area is 149 Å². The second kappa shape index (κ2) is 11.0. The molecule has 25 heavy (non-hydrogen) atoms. The number of nitrogens with zero attached hydrogens (tertiary/aromatic N) is 2. The molecule has 1 amide bonds. The van der Waals surface area contributed by atoms with E-state index in [1.54, 1.807) is 19.2 Å². The maximum absolute atomic E-state index is 13.1. The molecule has 0 fully saturated rings. The van der Waals surface area contributed by atoms with Crippen molar-refractivity contribution in [3.8, 4) is 11.4 Å². The molecule has 0 atom stereocenters. The van der Waals surface area contributed by atoms with Gasteiger partial charge in [0.2, 0.25) is 17.6 Å². The predicted molar refractivity (Wildman–Crippen MR) is 93.9 cm³/mol. The number of nitrogens with one attached hydrogen (secondary N) is 2. The van der Waals surface area contributed by atoms with E-state index >= 15 is 0 Å². The van der Waals surface area contributed by atoms with Crippen molar-refractivity contribution in [3.05, 3.63) is 36.0 Å². The number of carbonyl (C=O) groups excluding carboxylic acids is 1. The minimum absolute atomic E-state index is 0.293. The Hall–Kier alpha value is -2.59. The molecule has 0 aliphatic carbocycles. The fraction of sp³-hybridized carbons (Fsp3) is 0.333. The zero-order chi connectivity index (χ0) is 18.7. The summed E-state index contributed by atoms with van der Waals surface area (Å²) in [5.41, 5.74) is 5.03. The molecular weight excluding hydrogens is 349 g/mol. The summed E-state index contributed by atoms with van der Waals surface area (Å²) in [6.45, 7) is 2.77. The van der Waals surface area contributed by atoms with Crippen LogP contribution in [-0.4, -0.2) is 41.4 Å². The molecule has 2 rings (SSSR count). The van der Waals surface area contributed by atoms with Gasteiger partial charge in [-0.1, -0.05) is 17.3 Å². The van der Waals surface area contributed by atoms with Gasteiger partial charge in [-0.2, -0.15) is 4.98 Å². The molecule has 8 nitrogen and oxygen atoms in total. The van der Waals surface area contributed by atoms with Crippen molar-refractivity contribution >= 4 is 23.2 Å². The van der Waals surface area contributed by atoms with E-state index in [2.05, 4.69) is 26.5 Å². The average molecular weight is 369 g/mol. The van der Waals surface area contributed by atoms with Crippen LogP contribution in [0.25, 0.3) is 11.4 Å². The fourth-order valence-corrected chi connectivity index (χ4v) is 1.73. The quantitative estimate of drug-likeness (QED) is 0.510. The van der Waals surface area contributed by atoms with Crippen LogP contribution in [0.4, 0.5) is 4.39 Å². The lowest BCUT2D eigenvalue weighted by atomic mass is 10.2. The Morgan fingerprint density at radius 1 is 1.44 bits per heavy atom. The molecule has 0 spiro atoms. The molecule has 1 aromatic heterocycles. The SMILES string of the molecule is CC(N)=O.COCCNC(=S)NCc1nc(-c2cccc(F)c2)no1. The highest BCUT2D eigenvalue weighted by Gasteiger charge is 2.09. The van der Waals surface area contributed by atoms with Gasteiger partial charge in [0.25, 0.3) is 0 Å². The lowest BCUT2D eigenvalue weighted by Crippen LogP contribution is -2.36. The van der Waals surface area contributed by atoms with E-state index in [0.29, 0.717) is 42.1 Å². The molecule has 136 valence electrons. The summed E-state index contributed by atoms with van der Waals surface area (Å²) in [5.74, 6) is 0.0233. The third-order valence-electron chi connectivity index (χ3n) is 2.54. The van der Waals surface area contributed by atoms with Gasteiger partial charge in [0.15, 0.2) is 5.11 Å². The Balaban J connectivity index is 0.000000705. The van der Waals surface area contributed by atoms with E-state index in [-0.39, 0.29) is 11.7 Å². The molecule has 2 aromatic rings. The summed E-state index contributed by atoms with van der Waals surface area (Å²) in [6.07, 6.45) is 0. The predicted octanol–water partition coefficient (Wildman–Crippen LogP) is 0.978. The molecule has 4 N–H and O–H groups in total. The standard InChI is InChI=1S/C13H15FN4O2S.C2H5NO/c1-19-6-5-15-13(21)16-8-11-17-12(18-20-11)9-3-2-4-10(14)7-9;1-2(3)4/h2-4,7H,5-6,8H2,1H3,(H2,15,16,21);1H3,(H2,3,4). The van der Waals surface area contributed by atoms with E-state index < -0.39 is 0 Å². The molecule has 10 heteroatoms. The highest BCUT2D eigenvalue weighted by atomic mass is 32.1. The van der Waals surface area contributed by atoms with Gasteiger partial charge in [-0.15, -0.1) is 0 Å². The number of primary amides is 1. The molecule has 0 aliphatic heterocycles. The maximum Gasteiger partial charge on any atom is 0.246 e. The van der Waals surface area contributed by atoms with E-state index in [1.807, 2.05) is 0 Å². The summed E-state index contributed by atoms with van der Waals surface area (Å²) in [6, 6.07) is 6.01. The molecule has 0 saturated carbocycles. The zero-order valence-electron chi connectivity index (χ0n) is 13.9. The van der Waals surface area contributed by atoms with Crippen molar-refractivity contribution in [1.82, 2.24) is 20.8 Å². The van der Waals surface area contributed by atoms with Crippen LogP contribution in [0.3, 0.4) is 0 Å².